The van der Waals surface area contributed by atoms with Gasteiger partial charge in [0.25, 0.3) is 0 Å². The number of thiophene rings is 1. The molecule has 3 heterocycles. The molecule has 0 unspecified atom stereocenters. The SMILES string of the molecule is C=C(C=NC(=C)c1cc2nccc(Oc3ccc(C)cc3F)c2s1)CN1CCC(N(C)CCOCCOCCOCCOC)CC1. The Bertz CT molecular complexity index is 1440. The van der Waals surface area contributed by atoms with E-state index in [1.165, 1.54) is 17.4 Å². The molecule has 0 amide bonds. The Hall–Kier alpha value is -3.03. The number of hydrogen-bond acceptors (Lipinski definition) is 10. The molecule has 1 aliphatic heterocycles. The van der Waals surface area contributed by atoms with Gasteiger partial charge in [0.2, 0.25) is 0 Å². The topological polar surface area (TPSA) is 77.9 Å². The Balaban J connectivity index is 1.14. The van der Waals surface area contributed by atoms with E-state index in [9.17, 15) is 4.39 Å². The summed E-state index contributed by atoms with van der Waals surface area (Å²) in [6.07, 6.45) is 5.66. The maximum atomic E-state index is 14.4. The highest BCUT2D eigenvalue weighted by Gasteiger charge is 2.22. The molecule has 0 atom stereocenters. The molecule has 46 heavy (non-hydrogen) atoms. The first-order valence-electron chi connectivity index (χ1n) is 15.7. The molecule has 2 aromatic heterocycles. The standard InChI is InChI=1S/C35H47FN4O5S/c1-26-6-7-32(30(36)22-26)45-33-8-11-37-31-23-34(46-35(31)33)28(3)38-24-27(2)25-40-12-9-29(10-13-40)39(4)14-15-42-18-19-44-21-20-43-17-16-41-5/h6-8,11,22-24,29H,2-3,9-10,12-21,25H2,1,4-5H3. The number of hydrogen-bond donors (Lipinski definition) is 0. The van der Waals surface area contributed by atoms with E-state index in [1.54, 1.807) is 31.7 Å². The number of methoxy groups -OCH3 is 1. The van der Waals surface area contributed by atoms with Crippen LogP contribution in [0.1, 0.15) is 23.3 Å². The average Bonchev–Trinajstić information content (AvgIpc) is 3.50. The van der Waals surface area contributed by atoms with Gasteiger partial charge in [0.15, 0.2) is 11.6 Å². The molecule has 1 aromatic carbocycles. The summed E-state index contributed by atoms with van der Waals surface area (Å²) in [5.74, 6) is 0.331. The van der Waals surface area contributed by atoms with Gasteiger partial charge in [0.1, 0.15) is 5.75 Å². The minimum absolute atomic E-state index is 0.180. The van der Waals surface area contributed by atoms with Gasteiger partial charge in [-0.1, -0.05) is 19.2 Å². The normalized spacial score (nSPS) is 14.5. The number of ether oxygens (including phenoxy) is 5. The number of likely N-dealkylation sites (tertiary alicyclic amines) is 1. The maximum Gasteiger partial charge on any atom is 0.165 e. The zero-order chi connectivity index (χ0) is 32.7. The van der Waals surface area contributed by atoms with Crippen LogP contribution < -0.4 is 4.74 Å². The lowest BCUT2D eigenvalue weighted by Crippen LogP contribution is -2.44. The molecule has 250 valence electrons. The van der Waals surface area contributed by atoms with E-state index in [0.717, 1.165) is 65.3 Å². The lowest BCUT2D eigenvalue weighted by atomic mass is 10.0. The molecule has 0 radical (unpaired) electrons. The summed E-state index contributed by atoms with van der Waals surface area (Å²) in [7, 11) is 3.83. The summed E-state index contributed by atoms with van der Waals surface area (Å²) in [5, 5.41) is 0. The maximum absolute atomic E-state index is 14.4. The van der Waals surface area contributed by atoms with Crippen LogP contribution in [-0.4, -0.2) is 114 Å². The Morgan fingerprint density at radius 2 is 1.72 bits per heavy atom. The van der Waals surface area contributed by atoms with Gasteiger partial charge in [-0.3, -0.25) is 14.9 Å². The van der Waals surface area contributed by atoms with Gasteiger partial charge >= 0.3 is 0 Å². The van der Waals surface area contributed by atoms with Crippen molar-refractivity contribution in [2.45, 2.75) is 25.8 Å². The van der Waals surface area contributed by atoms with Crippen molar-refractivity contribution in [2.24, 2.45) is 4.99 Å². The molecule has 0 spiro atoms. The third-order valence-corrected chi connectivity index (χ3v) is 8.93. The number of likely N-dealkylation sites (N-methyl/N-ethyl adjacent to an activating group) is 1. The summed E-state index contributed by atoms with van der Waals surface area (Å²) in [5.41, 5.74) is 3.15. The van der Waals surface area contributed by atoms with E-state index in [2.05, 4.69) is 40.0 Å². The fraction of sp³-hybridized carbons (Fsp3) is 0.486. The molecule has 1 fully saturated rings. The van der Waals surface area contributed by atoms with E-state index < -0.39 is 5.82 Å². The number of pyridine rings is 1. The van der Waals surface area contributed by atoms with Crippen molar-refractivity contribution in [1.29, 1.82) is 0 Å². The van der Waals surface area contributed by atoms with E-state index in [1.807, 2.05) is 19.1 Å². The second-order valence-electron chi connectivity index (χ2n) is 11.4. The zero-order valence-electron chi connectivity index (χ0n) is 27.3. The van der Waals surface area contributed by atoms with Gasteiger partial charge in [0.05, 0.1) is 67.0 Å². The van der Waals surface area contributed by atoms with Gasteiger partial charge in [-0.05, 0) is 69.2 Å². The first-order valence-corrected chi connectivity index (χ1v) is 16.5. The van der Waals surface area contributed by atoms with Crippen LogP contribution in [0.4, 0.5) is 4.39 Å². The summed E-state index contributed by atoms with van der Waals surface area (Å²) in [4.78, 5) is 14.8. The number of piperidine rings is 1. The molecule has 4 rings (SSSR count). The average molecular weight is 655 g/mol. The number of rotatable bonds is 20. The molecule has 0 bridgehead atoms. The van der Waals surface area contributed by atoms with Crippen LogP contribution in [0.3, 0.4) is 0 Å². The van der Waals surface area contributed by atoms with Crippen LogP contribution in [0.15, 0.2) is 60.3 Å². The molecule has 11 heteroatoms. The monoisotopic (exact) mass is 654 g/mol. The number of aromatic nitrogens is 1. The van der Waals surface area contributed by atoms with Crippen molar-refractivity contribution in [3.05, 3.63) is 71.5 Å². The highest BCUT2D eigenvalue weighted by Crippen LogP contribution is 2.38. The number of benzene rings is 1. The van der Waals surface area contributed by atoms with Gasteiger partial charge in [-0.2, -0.15) is 0 Å². The smallest absolute Gasteiger partial charge is 0.165 e. The zero-order valence-corrected chi connectivity index (χ0v) is 28.2. The Kier molecular flexibility index (Phi) is 14.8. The lowest BCUT2D eigenvalue weighted by Gasteiger charge is -2.36. The van der Waals surface area contributed by atoms with Crippen LogP contribution in [0, 0.1) is 12.7 Å². The van der Waals surface area contributed by atoms with Crippen LogP contribution in [0.25, 0.3) is 15.9 Å². The molecular weight excluding hydrogens is 607 g/mol. The minimum Gasteiger partial charge on any atom is -0.453 e. The Morgan fingerprint density at radius 3 is 2.41 bits per heavy atom. The van der Waals surface area contributed by atoms with Gasteiger partial charge < -0.3 is 28.6 Å². The largest absolute Gasteiger partial charge is 0.453 e. The first kappa shape index (κ1) is 35.8. The molecule has 3 aromatic rings. The van der Waals surface area contributed by atoms with E-state index in [0.29, 0.717) is 63.7 Å². The van der Waals surface area contributed by atoms with Crippen molar-refractivity contribution in [2.75, 3.05) is 86.6 Å². The Morgan fingerprint density at radius 1 is 1.02 bits per heavy atom. The lowest BCUT2D eigenvalue weighted by molar-refractivity contribution is -0.000430. The van der Waals surface area contributed by atoms with E-state index in [-0.39, 0.29) is 5.75 Å². The van der Waals surface area contributed by atoms with Crippen LogP contribution in [0.2, 0.25) is 0 Å². The number of fused-ring (bicyclic) bond motifs is 1. The number of aliphatic imine (C=N–C) groups is 1. The van der Waals surface area contributed by atoms with Crippen LogP contribution in [-0.2, 0) is 18.9 Å². The first-order chi connectivity index (χ1) is 22.3. The third kappa shape index (κ3) is 11.3. The number of aryl methyl sites for hydroxylation is 1. The predicted octanol–water partition coefficient (Wildman–Crippen LogP) is 6.23. The van der Waals surface area contributed by atoms with Crippen molar-refractivity contribution in [3.63, 3.8) is 0 Å². The van der Waals surface area contributed by atoms with Crippen molar-refractivity contribution < 1.29 is 28.1 Å². The number of halogens is 1. The van der Waals surface area contributed by atoms with Crippen molar-refractivity contribution in [3.8, 4) is 11.5 Å². The van der Waals surface area contributed by atoms with Crippen molar-refractivity contribution in [1.82, 2.24) is 14.8 Å². The summed E-state index contributed by atoms with van der Waals surface area (Å²) in [6, 6.07) is 9.14. The van der Waals surface area contributed by atoms with E-state index in [4.69, 9.17) is 23.7 Å². The van der Waals surface area contributed by atoms with Gasteiger partial charge in [-0.15, -0.1) is 11.3 Å². The van der Waals surface area contributed by atoms with Crippen LogP contribution >= 0.6 is 11.3 Å². The molecular formula is C35H47FN4O5S. The second kappa shape index (κ2) is 19.0. The predicted molar refractivity (Wildman–Crippen MR) is 184 cm³/mol. The minimum atomic E-state index is -0.398. The molecule has 1 saturated heterocycles. The van der Waals surface area contributed by atoms with E-state index >= 15 is 0 Å². The van der Waals surface area contributed by atoms with Gasteiger partial charge in [-0.25, -0.2) is 4.39 Å². The quantitative estimate of drug-likeness (QED) is 0.105. The Labute approximate surface area is 276 Å². The fourth-order valence-corrected chi connectivity index (χ4v) is 6.09. The molecule has 0 aliphatic carbocycles. The van der Waals surface area contributed by atoms with Gasteiger partial charge in [0, 0.05) is 44.7 Å². The second-order valence-corrected chi connectivity index (χ2v) is 12.4. The molecule has 0 N–H and O–H groups in total. The fourth-order valence-electron chi connectivity index (χ4n) is 5.10. The summed E-state index contributed by atoms with van der Waals surface area (Å²) >= 11 is 1.47. The summed E-state index contributed by atoms with van der Waals surface area (Å²) < 4.78 is 42.7. The number of nitrogens with zero attached hydrogens (tertiary/aromatic N) is 4. The van der Waals surface area contributed by atoms with Crippen molar-refractivity contribution >= 4 is 33.5 Å². The third-order valence-electron chi connectivity index (χ3n) is 7.74. The highest BCUT2D eigenvalue weighted by molar-refractivity contribution is 7.20. The highest BCUT2D eigenvalue weighted by atomic mass is 32.1. The summed E-state index contributed by atoms with van der Waals surface area (Å²) in [6.45, 7) is 18.1. The molecule has 1 aliphatic rings. The molecule has 0 saturated carbocycles. The van der Waals surface area contributed by atoms with Crippen LogP contribution in [0.5, 0.6) is 11.5 Å². The molecule has 9 nitrogen and oxygen atoms in total.